The highest BCUT2D eigenvalue weighted by molar-refractivity contribution is 6.06. The van der Waals surface area contributed by atoms with Gasteiger partial charge in [0.2, 0.25) is 0 Å². The zero-order chi connectivity index (χ0) is 15.2. The first kappa shape index (κ1) is 14.4. The number of hydrogen-bond acceptors (Lipinski definition) is 3. The standard InChI is InChI=1S/C15H15N4O2/c1-21-13-8-3-2-7-12(13)19-14(20)10-5-4-6-11(9-10)18-15(16)17/h2-7,9H,1H3,(H,19,20)(H4,16,17,18). The van der Waals surface area contributed by atoms with Crippen LogP contribution in [-0.4, -0.2) is 19.0 Å². The number of carbonyl (C=O) groups excluding carboxylic acids is 1. The van der Waals surface area contributed by atoms with Gasteiger partial charge < -0.3 is 21.1 Å². The number of nitrogens with one attached hydrogen (secondary N) is 3. The van der Waals surface area contributed by atoms with E-state index in [0.29, 0.717) is 22.7 Å². The van der Waals surface area contributed by atoms with E-state index in [1.165, 1.54) is 7.11 Å². The summed E-state index contributed by atoms with van der Waals surface area (Å²) >= 11 is 0. The number of hydrogen-bond donors (Lipinski definition) is 4. The lowest BCUT2D eigenvalue weighted by Gasteiger charge is -2.10. The number of ether oxygens (including phenoxy) is 1. The molecule has 0 bridgehead atoms. The van der Waals surface area contributed by atoms with E-state index >= 15 is 0 Å². The molecular formula is C15H15N4O2. The quantitative estimate of drug-likeness (QED) is 0.509. The van der Waals surface area contributed by atoms with Gasteiger partial charge in [0.05, 0.1) is 12.8 Å². The minimum Gasteiger partial charge on any atom is -0.494 e. The van der Waals surface area contributed by atoms with Crippen molar-refractivity contribution in [1.82, 2.24) is 0 Å². The Morgan fingerprint density at radius 2 is 2.10 bits per heavy atom. The van der Waals surface area contributed by atoms with E-state index in [2.05, 4.69) is 16.7 Å². The number of amides is 1. The molecule has 107 valence electrons. The Bertz CT molecular complexity index is 670. The molecular weight excluding hydrogens is 268 g/mol. The average molecular weight is 283 g/mol. The third-order valence-corrected chi connectivity index (χ3v) is 2.67. The van der Waals surface area contributed by atoms with Gasteiger partial charge in [0, 0.05) is 17.3 Å². The van der Waals surface area contributed by atoms with Gasteiger partial charge in [0.1, 0.15) is 5.75 Å². The molecule has 0 aliphatic rings. The van der Waals surface area contributed by atoms with Crippen LogP contribution in [0.5, 0.6) is 5.75 Å². The van der Waals surface area contributed by atoms with Crippen LogP contribution in [0.3, 0.4) is 0 Å². The van der Waals surface area contributed by atoms with Crippen molar-refractivity contribution in [3.8, 4) is 5.75 Å². The van der Waals surface area contributed by atoms with E-state index < -0.39 is 0 Å². The van der Waals surface area contributed by atoms with Gasteiger partial charge in [-0.2, -0.15) is 0 Å². The van der Waals surface area contributed by atoms with E-state index in [0.717, 1.165) is 0 Å². The topological polar surface area (TPSA) is 100 Å². The summed E-state index contributed by atoms with van der Waals surface area (Å²) in [6.45, 7) is 0. The van der Waals surface area contributed by atoms with Crippen LogP contribution in [0.4, 0.5) is 11.4 Å². The van der Waals surface area contributed by atoms with Crippen molar-refractivity contribution >= 4 is 23.2 Å². The summed E-state index contributed by atoms with van der Waals surface area (Å²) in [5.74, 6) is -0.0177. The fourth-order valence-corrected chi connectivity index (χ4v) is 1.78. The second-order valence-electron chi connectivity index (χ2n) is 4.19. The number of rotatable bonds is 4. The van der Waals surface area contributed by atoms with Crippen LogP contribution in [0.1, 0.15) is 10.4 Å². The molecule has 2 rings (SSSR count). The van der Waals surface area contributed by atoms with Crippen LogP contribution in [0.15, 0.2) is 42.5 Å². The summed E-state index contributed by atoms with van der Waals surface area (Å²) < 4.78 is 5.13. The second kappa shape index (κ2) is 6.42. The first-order valence-corrected chi connectivity index (χ1v) is 6.17. The summed E-state index contributed by atoms with van der Waals surface area (Å²) in [6.07, 6.45) is 0. The Morgan fingerprint density at radius 1 is 1.29 bits per heavy atom. The summed E-state index contributed by atoms with van der Waals surface area (Å²) in [5, 5.41) is 12.6. The molecule has 0 atom stereocenters. The molecule has 0 saturated heterocycles. The molecule has 0 unspecified atom stereocenters. The van der Waals surface area contributed by atoms with E-state index in [1.807, 2.05) is 0 Å². The molecule has 6 heteroatoms. The monoisotopic (exact) mass is 283 g/mol. The van der Waals surface area contributed by atoms with Crippen molar-refractivity contribution in [2.75, 3.05) is 17.7 Å². The molecule has 0 spiro atoms. The zero-order valence-electron chi connectivity index (χ0n) is 11.4. The minimum atomic E-state index is -0.292. The normalized spacial score (nSPS) is 9.76. The lowest BCUT2D eigenvalue weighted by Crippen LogP contribution is -2.21. The van der Waals surface area contributed by atoms with Gasteiger partial charge in [-0.3, -0.25) is 10.2 Å². The van der Waals surface area contributed by atoms with Crippen molar-refractivity contribution in [2.45, 2.75) is 0 Å². The van der Waals surface area contributed by atoms with Gasteiger partial charge in [-0.15, -0.1) is 0 Å². The van der Waals surface area contributed by atoms with Crippen LogP contribution in [-0.2, 0) is 0 Å². The largest absolute Gasteiger partial charge is 0.494 e. The predicted octanol–water partition coefficient (Wildman–Crippen LogP) is 2.05. The van der Waals surface area contributed by atoms with E-state index in [9.17, 15) is 4.79 Å². The first-order chi connectivity index (χ1) is 10.1. The summed E-state index contributed by atoms with van der Waals surface area (Å²) in [7, 11) is 1.51. The number of para-hydroxylation sites is 1. The molecule has 0 aromatic heterocycles. The van der Waals surface area contributed by atoms with Gasteiger partial charge in [-0.05, 0) is 24.3 Å². The summed E-state index contributed by atoms with van der Waals surface area (Å²) in [4.78, 5) is 12.2. The van der Waals surface area contributed by atoms with Crippen molar-refractivity contribution in [3.63, 3.8) is 0 Å². The lowest BCUT2D eigenvalue weighted by molar-refractivity contribution is 0.102. The highest BCUT2D eigenvalue weighted by atomic mass is 16.5. The van der Waals surface area contributed by atoms with Crippen LogP contribution >= 0.6 is 0 Å². The number of benzene rings is 2. The molecule has 1 radical (unpaired) electrons. The molecule has 0 heterocycles. The van der Waals surface area contributed by atoms with Gasteiger partial charge >= 0.3 is 0 Å². The first-order valence-electron chi connectivity index (χ1n) is 6.17. The van der Waals surface area contributed by atoms with Crippen LogP contribution in [0.2, 0.25) is 0 Å². The Morgan fingerprint density at radius 3 is 2.81 bits per heavy atom. The molecule has 0 fully saturated rings. The number of carbonyl (C=O) groups is 1. The lowest BCUT2D eigenvalue weighted by atomic mass is 10.2. The van der Waals surface area contributed by atoms with E-state index in [4.69, 9.17) is 15.9 Å². The SMILES string of the molecule is COc1[c]cccc1NC(=O)c1cccc(NC(=N)N)c1. The third kappa shape index (κ3) is 3.73. The average Bonchev–Trinajstić information content (AvgIpc) is 2.47. The molecule has 0 saturated carbocycles. The van der Waals surface area contributed by atoms with Crippen molar-refractivity contribution in [3.05, 3.63) is 54.1 Å². The molecule has 21 heavy (non-hydrogen) atoms. The smallest absolute Gasteiger partial charge is 0.255 e. The molecule has 0 aliphatic heterocycles. The van der Waals surface area contributed by atoms with Crippen LogP contribution in [0.25, 0.3) is 0 Å². The number of methoxy groups -OCH3 is 1. The molecule has 2 aromatic carbocycles. The minimum absolute atomic E-state index is 0.188. The van der Waals surface area contributed by atoms with Crippen molar-refractivity contribution in [1.29, 1.82) is 5.41 Å². The van der Waals surface area contributed by atoms with Crippen LogP contribution in [0, 0.1) is 11.5 Å². The van der Waals surface area contributed by atoms with Gasteiger partial charge in [0.15, 0.2) is 5.96 Å². The molecule has 2 aromatic rings. The van der Waals surface area contributed by atoms with Crippen LogP contribution < -0.4 is 21.1 Å². The highest BCUT2D eigenvalue weighted by Gasteiger charge is 2.10. The van der Waals surface area contributed by atoms with E-state index in [-0.39, 0.29) is 11.9 Å². The number of anilines is 2. The van der Waals surface area contributed by atoms with Gasteiger partial charge in [0.25, 0.3) is 5.91 Å². The predicted molar refractivity (Wildman–Crippen MR) is 81.8 cm³/mol. The molecule has 5 N–H and O–H groups in total. The molecule has 1 amide bonds. The summed E-state index contributed by atoms with van der Waals surface area (Å²) in [5.41, 5.74) is 6.81. The van der Waals surface area contributed by atoms with E-state index in [1.54, 1.807) is 42.5 Å². The Labute approximate surface area is 122 Å². The highest BCUT2D eigenvalue weighted by Crippen LogP contribution is 2.23. The van der Waals surface area contributed by atoms with Gasteiger partial charge in [-0.25, -0.2) is 0 Å². The molecule has 6 nitrogen and oxygen atoms in total. The Kier molecular flexibility index (Phi) is 4.40. The maximum Gasteiger partial charge on any atom is 0.255 e. The maximum absolute atomic E-state index is 12.2. The van der Waals surface area contributed by atoms with Crippen molar-refractivity contribution in [2.24, 2.45) is 5.73 Å². The summed E-state index contributed by atoms with van der Waals surface area (Å²) in [6, 6.07) is 14.8. The maximum atomic E-state index is 12.2. The third-order valence-electron chi connectivity index (χ3n) is 2.67. The Balaban J connectivity index is 2.18. The zero-order valence-corrected chi connectivity index (χ0v) is 11.4. The Hall–Kier alpha value is -3.02. The van der Waals surface area contributed by atoms with Gasteiger partial charge in [-0.1, -0.05) is 18.2 Å². The number of guanidine groups is 1. The number of nitrogens with two attached hydrogens (primary N) is 1. The van der Waals surface area contributed by atoms with Crippen molar-refractivity contribution < 1.29 is 9.53 Å². The fourth-order valence-electron chi connectivity index (χ4n) is 1.78. The fraction of sp³-hybridized carbons (Fsp3) is 0.0667. The second-order valence-corrected chi connectivity index (χ2v) is 4.19. The molecule has 0 aliphatic carbocycles.